The number of fused-ring (bicyclic) bond motifs is 1. The number of hydrogen-bond donors (Lipinski definition) is 1. The highest BCUT2D eigenvalue weighted by molar-refractivity contribution is 9.10. The Morgan fingerprint density at radius 3 is 2.29 bits per heavy atom. The molecule has 0 fully saturated rings. The number of pyridine rings is 1. The van der Waals surface area contributed by atoms with Gasteiger partial charge in [-0.3, -0.25) is 4.98 Å². The van der Waals surface area contributed by atoms with Gasteiger partial charge in [-0.15, -0.1) is 0 Å². The predicted molar refractivity (Wildman–Crippen MR) is 107 cm³/mol. The molecule has 140 valence electrons. The molecule has 0 amide bonds. The largest absolute Gasteiger partial charge is 0.508 e. The molecular weight excluding hydrogens is 431 g/mol. The molecule has 3 aromatic carbocycles. The first-order valence-corrected chi connectivity index (χ1v) is 9.18. The molecule has 1 aromatic heterocycles. The Hall–Kier alpha value is -2.86. The SMILES string of the molecule is Oc1cccc(-c2c(-c3cccc(Br)c3)cnc3c(C(F)(F)F)cccc23)c1. The fourth-order valence-corrected chi connectivity index (χ4v) is 3.70. The molecule has 1 N–H and O–H groups in total. The van der Waals surface area contributed by atoms with Gasteiger partial charge in [0.25, 0.3) is 0 Å². The summed E-state index contributed by atoms with van der Waals surface area (Å²) >= 11 is 3.43. The first-order valence-electron chi connectivity index (χ1n) is 8.39. The quantitative estimate of drug-likeness (QED) is 0.359. The van der Waals surface area contributed by atoms with Crippen LogP contribution in [0, 0.1) is 0 Å². The number of phenolic OH excluding ortho intramolecular Hbond substituents is 1. The van der Waals surface area contributed by atoms with Gasteiger partial charge in [0.1, 0.15) is 5.75 Å². The zero-order chi connectivity index (χ0) is 19.9. The van der Waals surface area contributed by atoms with Crippen molar-refractivity contribution in [3.05, 3.63) is 83.0 Å². The van der Waals surface area contributed by atoms with Gasteiger partial charge >= 0.3 is 6.18 Å². The van der Waals surface area contributed by atoms with Crippen LogP contribution < -0.4 is 0 Å². The number of para-hydroxylation sites is 1. The molecule has 0 saturated heterocycles. The van der Waals surface area contributed by atoms with Crippen molar-refractivity contribution in [2.75, 3.05) is 0 Å². The molecule has 0 aliphatic carbocycles. The number of nitrogens with zero attached hydrogens (tertiary/aromatic N) is 1. The van der Waals surface area contributed by atoms with Crippen LogP contribution in [0.4, 0.5) is 13.2 Å². The second kappa shape index (κ2) is 6.95. The number of aromatic nitrogens is 1. The van der Waals surface area contributed by atoms with E-state index >= 15 is 0 Å². The van der Waals surface area contributed by atoms with Crippen LogP contribution in [0.3, 0.4) is 0 Å². The maximum Gasteiger partial charge on any atom is 0.418 e. The van der Waals surface area contributed by atoms with Crippen LogP contribution in [-0.2, 0) is 6.18 Å². The molecular formula is C22H13BrF3NO. The van der Waals surface area contributed by atoms with E-state index in [1.165, 1.54) is 24.4 Å². The Balaban J connectivity index is 2.12. The van der Waals surface area contributed by atoms with Crippen LogP contribution in [0.5, 0.6) is 5.75 Å². The van der Waals surface area contributed by atoms with Gasteiger partial charge in [-0.1, -0.05) is 52.3 Å². The lowest BCUT2D eigenvalue weighted by atomic mass is 9.91. The smallest absolute Gasteiger partial charge is 0.418 e. The summed E-state index contributed by atoms with van der Waals surface area (Å²) in [7, 11) is 0. The van der Waals surface area contributed by atoms with Crippen LogP contribution in [0.1, 0.15) is 5.56 Å². The van der Waals surface area contributed by atoms with Gasteiger partial charge in [-0.05, 0) is 41.5 Å². The zero-order valence-corrected chi connectivity index (χ0v) is 15.9. The normalized spacial score (nSPS) is 11.7. The number of phenols is 1. The highest BCUT2D eigenvalue weighted by atomic mass is 79.9. The third kappa shape index (κ3) is 3.36. The Bertz CT molecular complexity index is 1190. The lowest BCUT2D eigenvalue weighted by molar-refractivity contribution is -0.136. The summed E-state index contributed by atoms with van der Waals surface area (Å²) in [5.74, 6) is 0.0367. The van der Waals surface area contributed by atoms with Crippen LogP contribution in [0.15, 0.2) is 77.4 Å². The number of halogens is 4. The second-order valence-electron chi connectivity index (χ2n) is 6.31. The van der Waals surface area contributed by atoms with Crippen LogP contribution >= 0.6 is 15.9 Å². The van der Waals surface area contributed by atoms with E-state index in [1.54, 1.807) is 18.2 Å². The highest BCUT2D eigenvalue weighted by Gasteiger charge is 2.33. The zero-order valence-electron chi connectivity index (χ0n) is 14.3. The van der Waals surface area contributed by atoms with Gasteiger partial charge in [0.2, 0.25) is 0 Å². The summed E-state index contributed by atoms with van der Waals surface area (Å²) in [6, 6.07) is 18.0. The molecule has 6 heteroatoms. The summed E-state index contributed by atoms with van der Waals surface area (Å²) in [5.41, 5.74) is 1.78. The summed E-state index contributed by atoms with van der Waals surface area (Å²) in [6.45, 7) is 0. The van der Waals surface area contributed by atoms with Gasteiger partial charge in [0.15, 0.2) is 0 Å². The monoisotopic (exact) mass is 443 g/mol. The Kier molecular flexibility index (Phi) is 4.59. The van der Waals surface area contributed by atoms with Crippen molar-refractivity contribution in [2.24, 2.45) is 0 Å². The lowest BCUT2D eigenvalue weighted by Gasteiger charge is -2.16. The molecule has 0 bridgehead atoms. The molecule has 4 aromatic rings. The third-order valence-corrected chi connectivity index (χ3v) is 4.97. The van der Waals surface area contributed by atoms with Crippen molar-refractivity contribution in [1.82, 2.24) is 4.98 Å². The van der Waals surface area contributed by atoms with E-state index in [1.807, 2.05) is 24.3 Å². The number of aromatic hydroxyl groups is 1. The van der Waals surface area contributed by atoms with Crippen molar-refractivity contribution >= 4 is 26.8 Å². The van der Waals surface area contributed by atoms with E-state index in [2.05, 4.69) is 20.9 Å². The molecule has 1 heterocycles. The van der Waals surface area contributed by atoms with E-state index < -0.39 is 11.7 Å². The minimum absolute atomic E-state index is 0.0367. The Labute approximate surface area is 167 Å². The van der Waals surface area contributed by atoms with Crippen LogP contribution in [0.2, 0.25) is 0 Å². The number of rotatable bonds is 2. The highest BCUT2D eigenvalue weighted by Crippen LogP contribution is 2.42. The molecule has 28 heavy (non-hydrogen) atoms. The van der Waals surface area contributed by atoms with E-state index in [4.69, 9.17) is 0 Å². The molecule has 0 spiro atoms. The van der Waals surface area contributed by atoms with Gasteiger partial charge in [0, 0.05) is 27.2 Å². The minimum Gasteiger partial charge on any atom is -0.508 e. The van der Waals surface area contributed by atoms with Crippen molar-refractivity contribution in [3.63, 3.8) is 0 Å². The summed E-state index contributed by atoms with van der Waals surface area (Å²) in [6.07, 6.45) is -3.06. The van der Waals surface area contributed by atoms with Crippen molar-refractivity contribution in [3.8, 4) is 28.0 Å². The first kappa shape index (κ1) is 18.5. The predicted octanol–water partition coefficient (Wildman–Crippen LogP) is 7.06. The van der Waals surface area contributed by atoms with Crippen LogP contribution in [0.25, 0.3) is 33.2 Å². The lowest BCUT2D eigenvalue weighted by Crippen LogP contribution is -2.07. The van der Waals surface area contributed by atoms with Crippen molar-refractivity contribution < 1.29 is 18.3 Å². The average Bonchev–Trinajstić information content (AvgIpc) is 2.65. The number of alkyl halides is 3. The van der Waals surface area contributed by atoms with Gasteiger partial charge in [-0.2, -0.15) is 13.2 Å². The first-order chi connectivity index (χ1) is 13.3. The second-order valence-corrected chi connectivity index (χ2v) is 7.22. The maximum atomic E-state index is 13.5. The molecule has 0 atom stereocenters. The van der Waals surface area contributed by atoms with E-state index in [0.29, 0.717) is 22.1 Å². The van der Waals surface area contributed by atoms with E-state index in [0.717, 1.165) is 16.1 Å². The molecule has 0 unspecified atom stereocenters. The van der Waals surface area contributed by atoms with Crippen molar-refractivity contribution in [2.45, 2.75) is 6.18 Å². The standard InChI is InChI=1S/C22H13BrF3NO/c23-15-6-1-4-13(10-15)18-12-27-21-17(8-3-9-19(21)22(24,25)26)20(18)14-5-2-7-16(28)11-14/h1-12,28H. The molecule has 0 aliphatic heterocycles. The molecule has 0 radical (unpaired) electrons. The van der Waals surface area contributed by atoms with Crippen LogP contribution in [-0.4, -0.2) is 10.1 Å². The number of benzene rings is 3. The summed E-state index contributed by atoms with van der Waals surface area (Å²) < 4.78 is 41.4. The fraction of sp³-hybridized carbons (Fsp3) is 0.0455. The summed E-state index contributed by atoms with van der Waals surface area (Å²) in [5, 5.41) is 10.3. The van der Waals surface area contributed by atoms with Gasteiger partial charge in [-0.25, -0.2) is 0 Å². The molecule has 2 nitrogen and oxygen atoms in total. The van der Waals surface area contributed by atoms with Gasteiger partial charge in [0.05, 0.1) is 11.1 Å². The average molecular weight is 444 g/mol. The molecule has 0 aliphatic rings. The Morgan fingerprint density at radius 2 is 1.57 bits per heavy atom. The third-order valence-electron chi connectivity index (χ3n) is 4.47. The maximum absolute atomic E-state index is 13.5. The van der Waals surface area contributed by atoms with E-state index in [9.17, 15) is 18.3 Å². The van der Waals surface area contributed by atoms with Crippen molar-refractivity contribution in [1.29, 1.82) is 0 Å². The minimum atomic E-state index is -4.51. The molecule has 4 rings (SSSR count). The molecule has 0 saturated carbocycles. The van der Waals surface area contributed by atoms with E-state index in [-0.39, 0.29) is 11.3 Å². The summed E-state index contributed by atoms with van der Waals surface area (Å²) in [4.78, 5) is 4.16. The van der Waals surface area contributed by atoms with Gasteiger partial charge < -0.3 is 5.11 Å². The number of hydrogen-bond acceptors (Lipinski definition) is 2. The fourth-order valence-electron chi connectivity index (χ4n) is 3.30. The Morgan fingerprint density at radius 1 is 0.857 bits per heavy atom. The topological polar surface area (TPSA) is 33.1 Å².